The van der Waals surface area contributed by atoms with Gasteiger partial charge in [0.2, 0.25) is 0 Å². The third-order valence-electron chi connectivity index (χ3n) is 3.85. The number of ether oxygens (including phenoxy) is 1. The molecule has 0 fully saturated rings. The van der Waals surface area contributed by atoms with Gasteiger partial charge in [0, 0.05) is 12.5 Å². The largest absolute Gasteiger partial charge is 0.376 e. The third-order valence-corrected chi connectivity index (χ3v) is 4.41. The van der Waals surface area contributed by atoms with Crippen LogP contribution >= 0.6 is 11.6 Å². The first kappa shape index (κ1) is 14.6. The summed E-state index contributed by atoms with van der Waals surface area (Å²) >= 11 is 6.16. The van der Waals surface area contributed by atoms with Crippen LogP contribution in [0.2, 0.25) is 0 Å². The van der Waals surface area contributed by atoms with E-state index in [1.54, 1.807) is 0 Å². The Morgan fingerprint density at radius 3 is 2.53 bits per heavy atom. The number of rotatable bonds is 7. The molecule has 0 saturated carbocycles. The Morgan fingerprint density at radius 1 is 1.21 bits per heavy atom. The molecular weight excluding hydrogens is 256 g/mol. The smallest absolute Gasteiger partial charge is 0.0717 e. The Kier molecular flexibility index (Phi) is 5.47. The molecule has 2 heteroatoms. The Morgan fingerprint density at radius 2 is 1.89 bits per heavy atom. The quantitative estimate of drug-likeness (QED) is 0.514. The molecule has 104 valence electrons. The summed E-state index contributed by atoms with van der Waals surface area (Å²) in [5, 5.41) is 0. The summed E-state index contributed by atoms with van der Waals surface area (Å²) in [5.41, 5.74) is 1.53. The molecule has 1 atom stereocenters. The molecule has 0 saturated heterocycles. The van der Waals surface area contributed by atoms with E-state index in [4.69, 9.17) is 16.3 Å². The summed E-state index contributed by atoms with van der Waals surface area (Å²) in [6.45, 7) is 3.78. The maximum absolute atomic E-state index is 6.16. The van der Waals surface area contributed by atoms with Gasteiger partial charge in [-0.15, -0.1) is 11.6 Å². The lowest BCUT2D eigenvalue weighted by molar-refractivity contribution is 0.0754. The van der Waals surface area contributed by atoms with Crippen LogP contribution in [-0.4, -0.2) is 12.5 Å². The molecular formula is C17H23ClO. The Bertz CT molecular complexity index is 391. The minimum Gasteiger partial charge on any atom is -0.376 e. The van der Waals surface area contributed by atoms with Crippen molar-refractivity contribution in [3.05, 3.63) is 48.0 Å². The summed E-state index contributed by atoms with van der Waals surface area (Å²) in [4.78, 5) is 0. The Labute approximate surface area is 121 Å². The molecule has 1 nitrogen and oxygen atoms in total. The maximum atomic E-state index is 6.16. The lowest BCUT2D eigenvalue weighted by Gasteiger charge is -2.29. The predicted octanol–water partition coefficient (Wildman–Crippen LogP) is 4.80. The van der Waals surface area contributed by atoms with Gasteiger partial charge in [0.15, 0.2) is 0 Å². The van der Waals surface area contributed by atoms with E-state index in [-0.39, 0.29) is 5.41 Å². The van der Waals surface area contributed by atoms with Gasteiger partial charge in [0.25, 0.3) is 0 Å². The molecule has 1 aromatic carbocycles. The number of benzene rings is 1. The first-order chi connectivity index (χ1) is 9.24. The molecule has 0 bridgehead atoms. The zero-order valence-electron chi connectivity index (χ0n) is 11.6. The standard InChI is InChI=1S/C17H23ClO/c1-15(11-17(14-18)9-5-6-10-17)12-19-13-16-7-3-2-4-8-16/h2-8,15H,9-14H2,1H3. The number of halogens is 1. The highest BCUT2D eigenvalue weighted by molar-refractivity contribution is 6.18. The molecule has 0 aromatic heterocycles. The average Bonchev–Trinajstić information content (AvgIpc) is 2.89. The van der Waals surface area contributed by atoms with Crippen LogP contribution in [0.1, 0.15) is 31.7 Å². The van der Waals surface area contributed by atoms with Gasteiger partial charge in [-0.25, -0.2) is 0 Å². The van der Waals surface area contributed by atoms with Crippen LogP contribution in [0.3, 0.4) is 0 Å². The second-order valence-electron chi connectivity index (χ2n) is 5.82. The van der Waals surface area contributed by atoms with Crippen molar-refractivity contribution in [1.29, 1.82) is 0 Å². The van der Waals surface area contributed by atoms with Crippen molar-refractivity contribution in [3.63, 3.8) is 0 Å². The number of hydrogen-bond donors (Lipinski definition) is 0. The minimum atomic E-state index is 0.289. The van der Waals surface area contributed by atoms with Crippen molar-refractivity contribution in [2.24, 2.45) is 11.3 Å². The predicted molar refractivity (Wildman–Crippen MR) is 81.4 cm³/mol. The molecule has 0 N–H and O–H groups in total. The van der Waals surface area contributed by atoms with Crippen molar-refractivity contribution in [1.82, 2.24) is 0 Å². The van der Waals surface area contributed by atoms with Crippen LogP contribution in [0.4, 0.5) is 0 Å². The van der Waals surface area contributed by atoms with E-state index in [2.05, 4.69) is 43.3 Å². The van der Waals surface area contributed by atoms with Crippen molar-refractivity contribution < 1.29 is 4.74 Å². The zero-order chi connectivity index (χ0) is 13.6. The van der Waals surface area contributed by atoms with E-state index in [1.165, 1.54) is 5.56 Å². The fourth-order valence-corrected chi connectivity index (χ4v) is 3.16. The van der Waals surface area contributed by atoms with Gasteiger partial charge in [0.1, 0.15) is 0 Å². The van der Waals surface area contributed by atoms with Crippen LogP contribution < -0.4 is 0 Å². The van der Waals surface area contributed by atoms with Gasteiger partial charge < -0.3 is 4.74 Å². The van der Waals surface area contributed by atoms with Crippen LogP contribution in [0.25, 0.3) is 0 Å². The Hall–Kier alpha value is -0.790. The van der Waals surface area contributed by atoms with Gasteiger partial charge >= 0.3 is 0 Å². The van der Waals surface area contributed by atoms with Gasteiger partial charge in [0.05, 0.1) is 6.61 Å². The second kappa shape index (κ2) is 7.12. The molecule has 1 aromatic rings. The molecule has 0 amide bonds. The fraction of sp³-hybridized carbons (Fsp3) is 0.529. The maximum Gasteiger partial charge on any atom is 0.0717 e. The summed E-state index contributed by atoms with van der Waals surface area (Å²) < 4.78 is 5.82. The van der Waals surface area contributed by atoms with E-state index in [0.717, 1.165) is 31.7 Å². The van der Waals surface area contributed by atoms with Crippen molar-refractivity contribution in [2.75, 3.05) is 12.5 Å². The molecule has 19 heavy (non-hydrogen) atoms. The van der Waals surface area contributed by atoms with Crippen molar-refractivity contribution in [3.8, 4) is 0 Å². The van der Waals surface area contributed by atoms with E-state index in [1.807, 2.05) is 6.07 Å². The number of allylic oxidation sites excluding steroid dienone is 2. The van der Waals surface area contributed by atoms with Crippen molar-refractivity contribution >= 4 is 11.6 Å². The highest BCUT2D eigenvalue weighted by Gasteiger charge is 2.31. The second-order valence-corrected chi connectivity index (χ2v) is 6.09. The first-order valence-electron chi connectivity index (χ1n) is 7.07. The van der Waals surface area contributed by atoms with Gasteiger partial charge in [-0.1, -0.05) is 49.4 Å². The summed E-state index contributed by atoms with van der Waals surface area (Å²) in [6.07, 6.45) is 7.93. The molecule has 0 heterocycles. The van der Waals surface area contributed by atoms with Gasteiger partial charge in [-0.2, -0.15) is 0 Å². The molecule has 1 aliphatic carbocycles. The monoisotopic (exact) mass is 278 g/mol. The minimum absolute atomic E-state index is 0.289. The van der Waals surface area contributed by atoms with E-state index in [9.17, 15) is 0 Å². The van der Waals surface area contributed by atoms with E-state index < -0.39 is 0 Å². The van der Waals surface area contributed by atoms with Crippen LogP contribution in [0, 0.1) is 11.3 Å². The molecule has 0 radical (unpaired) electrons. The fourth-order valence-electron chi connectivity index (χ4n) is 2.83. The lowest BCUT2D eigenvalue weighted by atomic mass is 9.79. The van der Waals surface area contributed by atoms with Crippen LogP contribution in [0.15, 0.2) is 42.5 Å². The SMILES string of the molecule is CC(COCc1ccccc1)CC1(CCl)CC=CC1. The van der Waals surface area contributed by atoms with Crippen LogP contribution in [-0.2, 0) is 11.3 Å². The first-order valence-corrected chi connectivity index (χ1v) is 7.60. The number of alkyl halides is 1. The normalized spacial score (nSPS) is 18.6. The van der Waals surface area contributed by atoms with E-state index >= 15 is 0 Å². The lowest BCUT2D eigenvalue weighted by Crippen LogP contribution is -2.24. The third kappa shape index (κ3) is 4.36. The Balaban J connectivity index is 1.71. The van der Waals surface area contributed by atoms with Crippen LogP contribution in [0.5, 0.6) is 0 Å². The topological polar surface area (TPSA) is 9.23 Å². The number of hydrogen-bond acceptors (Lipinski definition) is 1. The highest BCUT2D eigenvalue weighted by Crippen LogP contribution is 2.40. The average molecular weight is 279 g/mol. The summed E-state index contributed by atoms with van der Waals surface area (Å²) in [7, 11) is 0. The molecule has 2 rings (SSSR count). The highest BCUT2D eigenvalue weighted by atomic mass is 35.5. The molecule has 0 aliphatic heterocycles. The molecule has 1 unspecified atom stereocenters. The zero-order valence-corrected chi connectivity index (χ0v) is 12.4. The molecule has 1 aliphatic rings. The van der Waals surface area contributed by atoms with Crippen molar-refractivity contribution in [2.45, 2.75) is 32.8 Å². The van der Waals surface area contributed by atoms with Gasteiger partial charge in [-0.3, -0.25) is 0 Å². The molecule has 0 spiro atoms. The van der Waals surface area contributed by atoms with Gasteiger partial charge in [-0.05, 0) is 36.2 Å². The summed E-state index contributed by atoms with van der Waals surface area (Å²) in [6, 6.07) is 10.3. The van der Waals surface area contributed by atoms with E-state index in [0.29, 0.717) is 12.5 Å². The summed E-state index contributed by atoms with van der Waals surface area (Å²) in [5.74, 6) is 1.31.